The number of hydrogen-bond acceptors (Lipinski definition) is 6. The second-order valence-electron chi connectivity index (χ2n) is 7.20. The van der Waals surface area contributed by atoms with E-state index < -0.39 is 0 Å². The SMILES string of the molecule is COc1cc2ncn(CCCC(=O)NC(CN)CC(C)C)c(=O)c2cc1OC. The molecule has 8 nitrogen and oxygen atoms in total. The zero-order chi connectivity index (χ0) is 20.7. The van der Waals surface area contributed by atoms with Crippen molar-refractivity contribution >= 4 is 16.8 Å². The number of benzene rings is 1. The van der Waals surface area contributed by atoms with Gasteiger partial charge in [-0.05, 0) is 24.8 Å². The number of aromatic nitrogens is 2. The molecule has 1 unspecified atom stereocenters. The van der Waals surface area contributed by atoms with Crippen molar-refractivity contribution in [2.75, 3.05) is 20.8 Å². The van der Waals surface area contributed by atoms with Crippen molar-refractivity contribution in [2.45, 2.75) is 45.7 Å². The summed E-state index contributed by atoms with van der Waals surface area (Å²) in [5.41, 5.74) is 6.08. The van der Waals surface area contributed by atoms with E-state index in [2.05, 4.69) is 24.1 Å². The lowest BCUT2D eigenvalue weighted by molar-refractivity contribution is -0.122. The number of carbonyl (C=O) groups is 1. The maximum atomic E-state index is 12.7. The molecule has 1 amide bonds. The van der Waals surface area contributed by atoms with Crippen LogP contribution >= 0.6 is 0 Å². The molecule has 3 N–H and O–H groups in total. The van der Waals surface area contributed by atoms with Crippen molar-refractivity contribution in [1.82, 2.24) is 14.9 Å². The van der Waals surface area contributed by atoms with Crippen LogP contribution in [0.2, 0.25) is 0 Å². The Morgan fingerprint density at radius 2 is 1.93 bits per heavy atom. The molecular weight excluding hydrogens is 360 g/mol. The number of hydrogen-bond donors (Lipinski definition) is 2. The molecule has 154 valence electrons. The molecule has 0 fully saturated rings. The molecule has 1 aromatic heterocycles. The van der Waals surface area contributed by atoms with Crippen LogP contribution in [0.25, 0.3) is 10.9 Å². The fraction of sp³-hybridized carbons (Fsp3) is 0.550. The van der Waals surface area contributed by atoms with Crippen molar-refractivity contribution < 1.29 is 14.3 Å². The van der Waals surface area contributed by atoms with Crippen molar-refractivity contribution in [2.24, 2.45) is 11.7 Å². The Morgan fingerprint density at radius 1 is 1.25 bits per heavy atom. The second-order valence-corrected chi connectivity index (χ2v) is 7.20. The second kappa shape index (κ2) is 10.1. The zero-order valence-electron chi connectivity index (χ0n) is 17.0. The van der Waals surface area contributed by atoms with Crippen molar-refractivity contribution in [3.8, 4) is 11.5 Å². The van der Waals surface area contributed by atoms with Crippen LogP contribution in [-0.2, 0) is 11.3 Å². The van der Waals surface area contributed by atoms with Crippen LogP contribution in [0, 0.1) is 5.92 Å². The predicted molar refractivity (Wildman–Crippen MR) is 109 cm³/mol. The Labute approximate surface area is 165 Å². The van der Waals surface area contributed by atoms with Gasteiger partial charge in [-0.25, -0.2) is 4.98 Å². The van der Waals surface area contributed by atoms with Gasteiger partial charge in [-0.1, -0.05) is 13.8 Å². The minimum Gasteiger partial charge on any atom is -0.493 e. The van der Waals surface area contributed by atoms with Crippen LogP contribution in [0.15, 0.2) is 23.3 Å². The highest BCUT2D eigenvalue weighted by Crippen LogP contribution is 2.29. The average Bonchev–Trinajstić information content (AvgIpc) is 2.67. The smallest absolute Gasteiger partial charge is 0.261 e. The van der Waals surface area contributed by atoms with E-state index in [0.717, 1.165) is 6.42 Å². The number of rotatable bonds is 10. The molecule has 0 aliphatic heterocycles. The summed E-state index contributed by atoms with van der Waals surface area (Å²) in [7, 11) is 3.05. The fourth-order valence-corrected chi connectivity index (χ4v) is 3.14. The lowest BCUT2D eigenvalue weighted by Gasteiger charge is -2.18. The maximum Gasteiger partial charge on any atom is 0.261 e. The van der Waals surface area contributed by atoms with Crippen molar-refractivity contribution in [1.29, 1.82) is 0 Å². The molecule has 8 heteroatoms. The first-order valence-electron chi connectivity index (χ1n) is 9.50. The summed E-state index contributed by atoms with van der Waals surface area (Å²) in [6.07, 6.45) is 3.20. The van der Waals surface area contributed by atoms with Gasteiger partial charge in [0.05, 0.1) is 31.4 Å². The minimum atomic E-state index is -0.175. The first-order valence-corrected chi connectivity index (χ1v) is 9.50. The van der Waals surface area contributed by atoms with Gasteiger partial charge < -0.3 is 20.5 Å². The Bertz CT molecular complexity index is 863. The first kappa shape index (κ1) is 21.7. The quantitative estimate of drug-likeness (QED) is 0.639. The lowest BCUT2D eigenvalue weighted by atomic mass is 10.0. The van der Waals surface area contributed by atoms with Gasteiger partial charge in [0.2, 0.25) is 5.91 Å². The molecule has 0 spiro atoms. The highest BCUT2D eigenvalue weighted by Gasteiger charge is 2.13. The standard InChI is InChI=1S/C20H30N4O4/c1-13(2)8-14(11-21)23-19(25)6-5-7-24-12-22-16-10-18(28-4)17(27-3)9-15(16)20(24)26/h9-10,12-14H,5-8,11,21H2,1-4H3,(H,23,25). The van der Waals surface area contributed by atoms with Crippen LogP contribution < -0.4 is 26.1 Å². The summed E-state index contributed by atoms with van der Waals surface area (Å²) < 4.78 is 12.0. The monoisotopic (exact) mass is 390 g/mol. The van der Waals surface area contributed by atoms with Crippen molar-refractivity contribution in [3.63, 3.8) is 0 Å². The number of amides is 1. The number of carbonyl (C=O) groups excluding carboxylic acids is 1. The topological polar surface area (TPSA) is 108 Å². The molecule has 0 bridgehead atoms. The van der Waals surface area contributed by atoms with Gasteiger partial charge in [0, 0.05) is 31.6 Å². The predicted octanol–water partition coefficient (Wildman–Crippen LogP) is 1.68. The fourth-order valence-electron chi connectivity index (χ4n) is 3.14. The summed E-state index contributed by atoms with van der Waals surface area (Å²) in [6, 6.07) is 3.29. The molecule has 1 aromatic carbocycles. The Morgan fingerprint density at radius 3 is 2.54 bits per heavy atom. The number of nitrogens with zero attached hydrogens (tertiary/aromatic N) is 2. The third kappa shape index (κ3) is 5.45. The summed E-state index contributed by atoms with van der Waals surface area (Å²) >= 11 is 0. The van der Waals surface area contributed by atoms with Crippen LogP contribution in [0.4, 0.5) is 0 Å². The number of methoxy groups -OCH3 is 2. The molecule has 1 atom stereocenters. The van der Waals surface area contributed by atoms with E-state index in [1.54, 1.807) is 12.1 Å². The average molecular weight is 390 g/mol. The van der Waals surface area contributed by atoms with E-state index in [9.17, 15) is 9.59 Å². The Balaban J connectivity index is 2.03. The maximum absolute atomic E-state index is 12.7. The van der Waals surface area contributed by atoms with E-state index in [4.69, 9.17) is 15.2 Å². The van der Waals surface area contributed by atoms with Crippen LogP contribution in [0.5, 0.6) is 11.5 Å². The number of ether oxygens (including phenoxy) is 2. The minimum absolute atomic E-state index is 0.0139. The van der Waals surface area contributed by atoms with Gasteiger partial charge >= 0.3 is 0 Å². The van der Waals surface area contributed by atoms with Crippen LogP contribution in [0.3, 0.4) is 0 Å². The molecule has 2 rings (SSSR count). The van der Waals surface area contributed by atoms with E-state index in [-0.39, 0.29) is 17.5 Å². The summed E-state index contributed by atoms with van der Waals surface area (Å²) in [6.45, 7) is 5.02. The van der Waals surface area contributed by atoms with Crippen molar-refractivity contribution in [3.05, 3.63) is 28.8 Å². The van der Waals surface area contributed by atoms with Gasteiger partial charge in [0.15, 0.2) is 11.5 Å². The molecular formula is C20H30N4O4. The largest absolute Gasteiger partial charge is 0.493 e. The molecule has 0 saturated carbocycles. The van der Waals surface area contributed by atoms with Crippen LogP contribution in [-0.4, -0.2) is 42.3 Å². The number of aryl methyl sites for hydroxylation is 1. The Kier molecular flexibility index (Phi) is 7.80. The highest BCUT2D eigenvalue weighted by molar-refractivity contribution is 5.81. The lowest BCUT2D eigenvalue weighted by Crippen LogP contribution is -2.41. The number of nitrogens with one attached hydrogen (secondary N) is 1. The van der Waals surface area contributed by atoms with E-state index in [1.165, 1.54) is 25.1 Å². The summed E-state index contributed by atoms with van der Waals surface area (Å²) in [5.74, 6) is 1.41. The molecule has 0 saturated heterocycles. The third-order valence-electron chi connectivity index (χ3n) is 4.54. The molecule has 0 aliphatic carbocycles. The molecule has 0 aliphatic rings. The third-order valence-corrected chi connectivity index (χ3v) is 4.54. The number of fused-ring (bicyclic) bond motifs is 1. The first-order chi connectivity index (χ1) is 13.4. The molecule has 28 heavy (non-hydrogen) atoms. The number of nitrogens with two attached hydrogens (primary N) is 1. The normalized spacial score (nSPS) is 12.2. The van der Waals surface area contributed by atoms with E-state index in [0.29, 0.717) is 54.3 Å². The van der Waals surface area contributed by atoms with Gasteiger partial charge in [0.25, 0.3) is 5.56 Å². The highest BCUT2D eigenvalue weighted by atomic mass is 16.5. The molecule has 0 radical (unpaired) electrons. The summed E-state index contributed by atoms with van der Waals surface area (Å²) in [5, 5.41) is 3.41. The van der Waals surface area contributed by atoms with Crippen LogP contribution in [0.1, 0.15) is 33.1 Å². The van der Waals surface area contributed by atoms with Gasteiger partial charge in [-0.2, -0.15) is 0 Å². The Hall–Kier alpha value is -2.61. The summed E-state index contributed by atoms with van der Waals surface area (Å²) in [4.78, 5) is 29.2. The molecule has 1 heterocycles. The van der Waals surface area contributed by atoms with E-state index in [1.807, 2.05) is 0 Å². The molecule has 2 aromatic rings. The van der Waals surface area contributed by atoms with Gasteiger partial charge in [-0.15, -0.1) is 0 Å². The van der Waals surface area contributed by atoms with E-state index >= 15 is 0 Å². The van der Waals surface area contributed by atoms with Gasteiger partial charge in [-0.3, -0.25) is 14.2 Å². The van der Waals surface area contributed by atoms with Gasteiger partial charge in [0.1, 0.15) is 0 Å². The zero-order valence-corrected chi connectivity index (χ0v) is 17.0.